The zero-order chi connectivity index (χ0) is 31.1. The molecule has 7 rings (SSSR count). The number of hydrogen-bond acceptors (Lipinski definition) is 4. The van der Waals surface area contributed by atoms with E-state index >= 15 is 0 Å². The molecule has 3 aromatic carbocycles. The van der Waals surface area contributed by atoms with Gasteiger partial charge in [-0.3, -0.25) is 19.3 Å². The van der Waals surface area contributed by atoms with Gasteiger partial charge in [-0.25, -0.2) is 0 Å². The zero-order valence-electron chi connectivity index (χ0n) is 26.0. The molecule has 1 saturated carbocycles. The standard InChI is InChI=1S/C38H40N4O3/c1-41(2)20-19-30-31-21-25(13-18-32(31)40-35(30)36(43)39-23-26-7-4-3-5-8-26)10-6-9-24-11-16-29(17-12-24)42-37(44)33-27-14-15-28(22-27)34(33)38(42)45/h3-5,7-8,11-18,21,27-28,33-34,40H,6,9-10,19-20,22-23H2,1-2H3,(H,39,43). The molecule has 1 aromatic heterocycles. The lowest BCUT2D eigenvalue weighted by Gasteiger charge is -2.17. The summed E-state index contributed by atoms with van der Waals surface area (Å²) >= 11 is 0. The van der Waals surface area contributed by atoms with E-state index in [2.05, 4.69) is 59.6 Å². The van der Waals surface area contributed by atoms with Gasteiger partial charge in [0, 0.05) is 24.0 Å². The van der Waals surface area contributed by atoms with Crippen LogP contribution in [-0.4, -0.2) is 48.2 Å². The van der Waals surface area contributed by atoms with Crippen molar-refractivity contribution in [2.75, 3.05) is 25.5 Å². The number of benzene rings is 3. The molecule has 45 heavy (non-hydrogen) atoms. The van der Waals surface area contributed by atoms with Crippen LogP contribution in [0.3, 0.4) is 0 Å². The zero-order valence-corrected chi connectivity index (χ0v) is 26.0. The summed E-state index contributed by atoms with van der Waals surface area (Å²) in [5.41, 5.74) is 6.86. The number of hydrogen-bond donors (Lipinski definition) is 2. The number of carbonyl (C=O) groups is 3. The van der Waals surface area contributed by atoms with Crippen molar-refractivity contribution >= 4 is 34.3 Å². The molecule has 2 N–H and O–H groups in total. The minimum absolute atomic E-state index is 0.0310. The summed E-state index contributed by atoms with van der Waals surface area (Å²) in [6.07, 6.45) is 8.75. The summed E-state index contributed by atoms with van der Waals surface area (Å²) in [4.78, 5) is 46.6. The van der Waals surface area contributed by atoms with Crippen LogP contribution < -0.4 is 10.2 Å². The summed E-state index contributed by atoms with van der Waals surface area (Å²) in [5, 5.41) is 4.20. The van der Waals surface area contributed by atoms with Crippen molar-refractivity contribution in [1.29, 1.82) is 0 Å². The van der Waals surface area contributed by atoms with E-state index in [1.807, 2.05) is 54.6 Å². The molecule has 0 radical (unpaired) electrons. The number of nitrogens with one attached hydrogen (secondary N) is 2. The fraction of sp³-hybridized carbons (Fsp3) is 0.342. The SMILES string of the molecule is CN(C)CCc1c(C(=O)NCc2ccccc2)[nH]c2ccc(CCCc3ccc(N4C(=O)C5C6C=CC(C6)C5C4=O)cc3)cc12. The van der Waals surface area contributed by atoms with Gasteiger partial charge in [0.15, 0.2) is 0 Å². The Kier molecular flexibility index (Phi) is 7.88. The highest BCUT2D eigenvalue weighted by Crippen LogP contribution is 2.53. The number of carbonyl (C=O) groups excluding carboxylic acids is 3. The Morgan fingerprint density at radius 3 is 2.20 bits per heavy atom. The monoisotopic (exact) mass is 600 g/mol. The predicted octanol–water partition coefficient (Wildman–Crippen LogP) is 5.69. The van der Waals surface area contributed by atoms with E-state index in [-0.39, 0.29) is 41.4 Å². The van der Waals surface area contributed by atoms with Crippen molar-refractivity contribution in [3.63, 3.8) is 0 Å². The summed E-state index contributed by atoms with van der Waals surface area (Å²) in [6, 6.07) is 24.4. The second-order valence-electron chi connectivity index (χ2n) is 13.1. The first-order valence-electron chi connectivity index (χ1n) is 16.1. The average Bonchev–Trinajstić information content (AvgIpc) is 3.82. The number of fused-ring (bicyclic) bond motifs is 6. The average molecular weight is 601 g/mol. The number of aromatic amines is 1. The fourth-order valence-electron chi connectivity index (χ4n) is 7.57. The maximum Gasteiger partial charge on any atom is 0.268 e. The molecule has 2 heterocycles. The highest BCUT2D eigenvalue weighted by molar-refractivity contribution is 6.22. The smallest absolute Gasteiger partial charge is 0.268 e. The van der Waals surface area contributed by atoms with Gasteiger partial charge in [0.25, 0.3) is 5.91 Å². The molecule has 7 nitrogen and oxygen atoms in total. The van der Waals surface area contributed by atoms with Gasteiger partial charge in [-0.1, -0.05) is 60.7 Å². The highest BCUT2D eigenvalue weighted by Gasteiger charge is 2.59. The Hall–Kier alpha value is -4.49. The lowest BCUT2D eigenvalue weighted by atomic mass is 9.85. The molecule has 3 aliphatic rings. The molecule has 0 spiro atoms. The number of allylic oxidation sites excluding steroid dienone is 2. The minimum atomic E-state index is -0.173. The van der Waals surface area contributed by atoms with Crippen LogP contribution in [0.4, 0.5) is 5.69 Å². The van der Waals surface area contributed by atoms with Crippen LogP contribution in [0.5, 0.6) is 0 Å². The highest BCUT2D eigenvalue weighted by atomic mass is 16.2. The Bertz CT molecular complexity index is 1740. The van der Waals surface area contributed by atoms with E-state index in [1.54, 1.807) is 0 Å². The van der Waals surface area contributed by atoms with Crippen molar-refractivity contribution in [2.24, 2.45) is 23.7 Å². The fourth-order valence-corrected chi connectivity index (χ4v) is 7.57. The van der Waals surface area contributed by atoms with Gasteiger partial charge in [-0.05, 0) is 105 Å². The first-order chi connectivity index (χ1) is 21.9. The number of amides is 3. The predicted molar refractivity (Wildman–Crippen MR) is 177 cm³/mol. The van der Waals surface area contributed by atoms with Gasteiger partial charge < -0.3 is 15.2 Å². The third-order valence-electron chi connectivity index (χ3n) is 9.90. The van der Waals surface area contributed by atoms with Crippen molar-refractivity contribution < 1.29 is 14.4 Å². The number of nitrogens with zero attached hydrogens (tertiary/aromatic N) is 2. The lowest BCUT2D eigenvalue weighted by Crippen LogP contribution is -2.32. The van der Waals surface area contributed by atoms with E-state index in [0.29, 0.717) is 17.9 Å². The molecule has 4 aromatic rings. The van der Waals surface area contributed by atoms with Crippen LogP contribution in [0.1, 0.15) is 45.6 Å². The molecular formula is C38H40N4O3. The summed E-state index contributed by atoms with van der Waals surface area (Å²) < 4.78 is 0. The Labute approximate surface area is 264 Å². The Morgan fingerprint density at radius 1 is 0.844 bits per heavy atom. The number of anilines is 1. The maximum absolute atomic E-state index is 13.3. The van der Waals surface area contributed by atoms with Gasteiger partial charge >= 0.3 is 0 Å². The number of imide groups is 1. The first kappa shape index (κ1) is 29.2. The van der Waals surface area contributed by atoms with Gasteiger partial charge in [0.05, 0.1) is 17.5 Å². The molecule has 3 amide bonds. The number of likely N-dealkylation sites (N-methyl/N-ethyl adjacent to an activating group) is 1. The molecule has 4 atom stereocenters. The quantitative estimate of drug-likeness (QED) is 0.171. The third-order valence-corrected chi connectivity index (χ3v) is 9.90. The molecule has 2 aliphatic carbocycles. The lowest BCUT2D eigenvalue weighted by molar-refractivity contribution is -0.123. The van der Waals surface area contributed by atoms with Crippen molar-refractivity contribution in [3.05, 3.63) is 113 Å². The van der Waals surface area contributed by atoms with Crippen LogP contribution in [0.15, 0.2) is 84.9 Å². The molecule has 7 heteroatoms. The largest absolute Gasteiger partial charge is 0.350 e. The van der Waals surface area contributed by atoms with Gasteiger partial charge in [0.1, 0.15) is 5.69 Å². The summed E-state index contributed by atoms with van der Waals surface area (Å²) in [5.74, 6) is -0.0517. The number of H-pyrrole nitrogens is 1. The van der Waals surface area contributed by atoms with Crippen LogP contribution in [-0.2, 0) is 35.4 Å². The van der Waals surface area contributed by atoms with Crippen molar-refractivity contribution in [1.82, 2.24) is 15.2 Å². The van der Waals surface area contributed by atoms with E-state index < -0.39 is 0 Å². The van der Waals surface area contributed by atoms with Gasteiger partial charge in [0.2, 0.25) is 11.8 Å². The molecule has 1 saturated heterocycles. The van der Waals surface area contributed by atoms with Crippen LogP contribution >= 0.6 is 0 Å². The van der Waals surface area contributed by atoms with E-state index in [1.165, 1.54) is 16.0 Å². The minimum Gasteiger partial charge on any atom is -0.350 e. The van der Waals surface area contributed by atoms with Gasteiger partial charge in [-0.15, -0.1) is 0 Å². The Balaban J connectivity index is 1.01. The van der Waals surface area contributed by atoms with E-state index in [4.69, 9.17) is 0 Å². The third kappa shape index (κ3) is 5.61. The molecule has 1 aliphatic heterocycles. The normalized spacial score (nSPS) is 21.8. The summed E-state index contributed by atoms with van der Waals surface area (Å²) in [7, 11) is 4.10. The van der Waals surface area contributed by atoms with Crippen LogP contribution in [0, 0.1) is 23.7 Å². The molecular weight excluding hydrogens is 560 g/mol. The Morgan fingerprint density at radius 2 is 1.51 bits per heavy atom. The molecule has 2 fully saturated rings. The van der Waals surface area contributed by atoms with Crippen LogP contribution in [0.2, 0.25) is 0 Å². The first-order valence-corrected chi connectivity index (χ1v) is 16.1. The van der Waals surface area contributed by atoms with Crippen molar-refractivity contribution in [2.45, 2.75) is 38.6 Å². The van der Waals surface area contributed by atoms with E-state index in [0.717, 1.165) is 60.7 Å². The van der Waals surface area contributed by atoms with Gasteiger partial charge in [-0.2, -0.15) is 0 Å². The summed E-state index contributed by atoms with van der Waals surface area (Å²) in [6.45, 7) is 1.33. The number of rotatable bonds is 11. The number of aromatic nitrogens is 1. The van der Waals surface area contributed by atoms with Crippen LogP contribution in [0.25, 0.3) is 10.9 Å². The number of aryl methyl sites for hydroxylation is 2. The second-order valence-corrected chi connectivity index (χ2v) is 13.1. The topological polar surface area (TPSA) is 85.5 Å². The van der Waals surface area contributed by atoms with Crippen molar-refractivity contribution in [3.8, 4) is 0 Å². The molecule has 2 bridgehead atoms. The van der Waals surface area contributed by atoms with E-state index in [9.17, 15) is 14.4 Å². The molecule has 230 valence electrons. The second kappa shape index (κ2) is 12.1. The maximum atomic E-state index is 13.3. The molecule has 4 unspecified atom stereocenters.